The number of amides is 1. The predicted octanol–water partition coefficient (Wildman–Crippen LogP) is 2.13. The summed E-state index contributed by atoms with van der Waals surface area (Å²) >= 11 is 0. The molecule has 0 aromatic heterocycles. The summed E-state index contributed by atoms with van der Waals surface area (Å²) in [7, 11) is 0. The lowest BCUT2D eigenvalue weighted by Gasteiger charge is -2.31. The van der Waals surface area contributed by atoms with Crippen LogP contribution in [0.1, 0.15) is 37.9 Å². The minimum Gasteiger partial charge on any atom is -0.480 e. The maximum Gasteiger partial charge on any atom is 0.326 e. The first kappa shape index (κ1) is 15.5. The smallest absolute Gasteiger partial charge is 0.326 e. The van der Waals surface area contributed by atoms with E-state index in [2.05, 4.69) is 5.32 Å². The Labute approximate surface area is 124 Å². The molecule has 5 nitrogen and oxygen atoms in total. The van der Waals surface area contributed by atoms with Crippen molar-refractivity contribution in [2.75, 3.05) is 6.61 Å². The quantitative estimate of drug-likeness (QED) is 0.871. The number of carbonyl (C=O) groups excluding carboxylic acids is 1. The number of carboxylic acids is 1. The van der Waals surface area contributed by atoms with Crippen LogP contribution >= 0.6 is 0 Å². The van der Waals surface area contributed by atoms with Crippen LogP contribution in [0.15, 0.2) is 30.3 Å². The molecule has 2 rings (SSSR count). The summed E-state index contributed by atoms with van der Waals surface area (Å²) in [5.74, 6) is -1.58. The zero-order chi connectivity index (χ0) is 15.2. The summed E-state index contributed by atoms with van der Waals surface area (Å²) in [6, 6.07) is 8.77. The van der Waals surface area contributed by atoms with Gasteiger partial charge in [0.25, 0.3) is 0 Å². The van der Waals surface area contributed by atoms with E-state index < -0.39 is 12.0 Å². The fourth-order valence-electron chi connectivity index (χ4n) is 2.64. The minimum atomic E-state index is -1.00. The third-order valence-corrected chi connectivity index (χ3v) is 3.81. The van der Waals surface area contributed by atoms with E-state index in [9.17, 15) is 9.59 Å². The second kappa shape index (κ2) is 7.22. The van der Waals surface area contributed by atoms with Crippen LogP contribution in [0.4, 0.5) is 0 Å². The monoisotopic (exact) mass is 291 g/mol. The van der Waals surface area contributed by atoms with Gasteiger partial charge >= 0.3 is 5.97 Å². The van der Waals surface area contributed by atoms with Gasteiger partial charge in [-0.15, -0.1) is 0 Å². The van der Waals surface area contributed by atoms with E-state index in [1.54, 1.807) is 6.92 Å². The number of nitrogens with one attached hydrogen (secondary N) is 1. The first-order valence-corrected chi connectivity index (χ1v) is 7.33. The van der Waals surface area contributed by atoms with Crippen molar-refractivity contribution in [3.05, 3.63) is 35.9 Å². The first-order valence-electron chi connectivity index (χ1n) is 7.33. The van der Waals surface area contributed by atoms with E-state index in [1.807, 2.05) is 30.3 Å². The molecule has 3 atom stereocenters. The number of ether oxygens (including phenoxy) is 1. The molecule has 0 bridgehead atoms. The molecular weight excluding hydrogens is 270 g/mol. The standard InChI is InChI=1S/C16H21NO4/c1-2-13(16(19)20)17-15(18)12-9-6-10-21-14(12)11-7-4-3-5-8-11/h3-5,7-8,12-14H,2,6,9-10H2,1H3,(H,17,18)(H,19,20). The maximum absolute atomic E-state index is 12.4. The summed E-state index contributed by atoms with van der Waals surface area (Å²) in [4.78, 5) is 23.5. The lowest BCUT2D eigenvalue weighted by Crippen LogP contribution is -2.45. The van der Waals surface area contributed by atoms with Gasteiger partial charge in [-0.3, -0.25) is 4.79 Å². The van der Waals surface area contributed by atoms with Gasteiger partial charge in [0.15, 0.2) is 0 Å². The molecule has 1 aliphatic heterocycles. The van der Waals surface area contributed by atoms with Gasteiger partial charge in [-0.25, -0.2) is 4.79 Å². The number of carbonyl (C=O) groups is 2. The molecule has 0 radical (unpaired) electrons. The number of aliphatic carboxylic acids is 1. The van der Waals surface area contributed by atoms with Crippen LogP contribution < -0.4 is 5.32 Å². The van der Waals surface area contributed by atoms with Gasteiger partial charge in [-0.05, 0) is 24.8 Å². The number of benzene rings is 1. The summed E-state index contributed by atoms with van der Waals surface area (Å²) in [5, 5.41) is 11.7. The lowest BCUT2D eigenvalue weighted by atomic mass is 9.88. The van der Waals surface area contributed by atoms with Crippen LogP contribution in [-0.2, 0) is 14.3 Å². The van der Waals surface area contributed by atoms with Crippen molar-refractivity contribution >= 4 is 11.9 Å². The molecule has 2 N–H and O–H groups in total. The molecule has 1 heterocycles. The van der Waals surface area contributed by atoms with E-state index in [0.29, 0.717) is 19.4 Å². The molecule has 0 spiro atoms. The Morgan fingerprint density at radius 1 is 1.38 bits per heavy atom. The van der Waals surface area contributed by atoms with Gasteiger partial charge in [0.2, 0.25) is 5.91 Å². The molecular formula is C16H21NO4. The van der Waals surface area contributed by atoms with Crippen LogP contribution in [0.5, 0.6) is 0 Å². The second-order valence-electron chi connectivity index (χ2n) is 5.26. The van der Waals surface area contributed by atoms with Crippen LogP contribution in [0.2, 0.25) is 0 Å². The fraction of sp³-hybridized carbons (Fsp3) is 0.500. The van der Waals surface area contributed by atoms with Crippen LogP contribution in [0, 0.1) is 5.92 Å². The Morgan fingerprint density at radius 2 is 2.10 bits per heavy atom. The molecule has 114 valence electrons. The van der Waals surface area contributed by atoms with Crippen LogP contribution in [0.3, 0.4) is 0 Å². The Kier molecular flexibility index (Phi) is 5.33. The predicted molar refractivity (Wildman–Crippen MR) is 77.7 cm³/mol. The Hall–Kier alpha value is -1.88. The second-order valence-corrected chi connectivity index (χ2v) is 5.26. The van der Waals surface area contributed by atoms with E-state index >= 15 is 0 Å². The molecule has 1 fully saturated rings. The van der Waals surface area contributed by atoms with Gasteiger partial charge in [-0.1, -0.05) is 37.3 Å². The molecule has 0 saturated carbocycles. The summed E-state index contributed by atoms with van der Waals surface area (Å²) in [6.07, 6.45) is 1.59. The van der Waals surface area contributed by atoms with Gasteiger partial charge in [0.1, 0.15) is 6.04 Å². The van der Waals surface area contributed by atoms with Crippen molar-refractivity contribution in [2.45, 2.75) is 38.3 Å². The highest BCUT2D eigenvalue weighted by molar-refractivity contribution is 5.85. The summed E-state index contributed by atoms with van der Waals surface area (Å²) in [6.45, 7) is 2.37. The van der Waals surface area contributed by atoms with Crippen LogP contribution in [0.25, 0.3) is 0 Å². The highest BCUT2D eigenvalue weighted by Gasteiger charge is 2.34. The Bertz CT molecular complexity index is 488. The number of hydrogen-bond acceptors (Lipinski definition) is 3. The van der Waals surface area contributed by atoms with Crippen LogP contribution in [-0.4, -0.2) is 29.6 Å². The third-order valence-electron chi connectivity index (χ3n) is 3.81. The Balaban J connectivity index is 2.11. The van der Waals surface area contributed by atoms with E-state index in [4.69, 9.17) is 9.84 Å². The van der Waals surface area contributed by atoms with Crippen molar-refractivity contribution in [3.63, 3.8) is 0 Å². The highest BCUT2D eigenvalue weighted by Crippen LogP contribution is 2.33. The van der Waals surface area contributed by atoms with Crippen molar-refractivity contribution < 1.29 is 19.4 Å². The number of rotatable bonds is 5. The molecule has 1 aromatic rings. The normalized spacial score (nSPS) is 23.3. The molecule has 1 aliphatic rings. The van der Waals surface area contributed by atoms with Gasteiger partial charge in [0, 0.05) is 6.61 Å². The van der Waals surface area contributed by atoms with Gasteiger partial charge < -0.3 is 15.2 Å². The van der Waals surface area contributed by atoms with Crippen molar-refractivity contribution in [2.24, 2.45) is 5.92 Å². The fourth-order valence-corrected chi connectivity index (χ4v) is 2.64. The molecule has 3 unspecified atom stereocenters. The average molecular weight is 291 g/mol. The Morgan fingerprint density at radius 3 is 2.71 bits per heavy atom. The maximum atomic E-state index is 12.4. The third kappa shape index (κ3) is 3.82. The number of hydrogen-bond donors (Lipinski definition) is 2. The summed E-state index contributed by atoms with van der Waals surface area (Å²) in [5.41, 5.74) is 0.959. The minimum absolute atomic E-state index is 0.238. The first-order chi connectivity index (χ1) is 10.1. The average Bonchev–Trinajstić information content (AvgIpc) is 2.53. The number of carboxylic acid groups (broad SMARTS) is 1. The van der Waals surface area contributed by atoms with E-state index in [0.717, 1.165) is 12.0 Å². The SMILES string of the molecule is CCC(NC(=O)C1CCCOC1c1ccccc1)C(=O)O. The zero-order valence-corrected chi connectivity index (χ0v) is 12.1. The molecule has 1 saturated heterocycles. The molecule has 5 heteroatoms. The van der Waals surface area contributed by atoms with E-state index in [1.165, 1.54) is 0 Å². The van der Waals surface area contributed by atoms with Gasteiger partial charge in [-0.2, -0.15) is 0 Å². The zero-order valence-electron chi connectivity index (χ0n) is 12.1. The molecule has 0 aliphatic carbocycles. The van der Waals surface area contributed by atoms with E-state index in [-0.39, 0.29) is 17.9 Å². The highest BCUT2D eigenvalue weighted by atomic mass is 16.5. The molecule has 1 amide bonds. The topological polar surface area (TPSA) is 75.6 Å². The molecule has 21 heavy (non-hydrogen) atoms. The van der Waals surface area contributed by atoms with Crippen molar-refractivity contribution in [1.29, 1.82) is 0 Å². The lowest BCUT2D eigenvalue weighted by molar-refractivity contribution is -0.145. The largest absolute Gasteiger partial charge is 0.480 e. The molecule has 1 aromatic carbocycles. The van der Waals surface area contributed by atoms with Gasteiger partial charge in [0.05, 0.1) is 12.0 Å². The summed E-state index contributed by atoms with van der Waals surface area (Å²) < 4.78 is 5.77. The van der Waals surface area contributed by atoms with Crippen molar-refractivity contribution in [3.8, 4) is 0 Å². The van der Waals surface area contributed by atoms with Crippen molar-refractivity contribution in [1.82, 2.24) is 5.32 Å².